The van der Waals surface area contributed by atoms with E-state index >= 15 is 0 Å². The van der Waals surface area contributed by atoms with Crippen molar-refractivity contribution in [2.75, 3.05) is 0 Å². The van der Waals surface area contributed by atoms with Crippen LogP contribution in [0.15, 0.2) is 79.4 Å². The maximum absolute atomic E-state index is 12.6. The average molecular weight is 356 g/mol. The maximum atomic E-state index is 12.6. The lowest BCUT2D eigenvalue weighted by Crippen LogP contribution is -2.28. The van der Waals surface area contributed by atoms with Crippen LogP contribution in [0.5, 0.6) is 0 Å². The number of carbonyl (C=O) groups excluding carboxylic acids is 1. The number of hydrogen-bond donors (Lipinski definition) is 1. The number of rotatable bonds is 5. The average Bonchev–Trinajstić information content (AvgIpc) is 3.23. The van der Waals surface area contributed by atoms with Crippen LogP contribution in [0.2, 0.25) is 0 Å². The normalized spacial score (nSPS) is 12.0. The van der Waals surface area contributed by atoms with Crippen molar-refractivity contribution in [2.45, 2.75) is 19.4 Å². The molecule has 1 amide bonds. The molecule has 0 radical (unpaired) electrons. The Bertz CT molecular complexity index is 1050. The zero-order valence-corrected chi connectivity index (χ0v) is 15.0. The third-order valence-corrected chi connectivity index (χ3v) is 4.68. The summed E-state index contributed by atoms with van der Waals surface area (Å²) in [5, 5.41) is 9.48. The molecule has 4 aromatic rings. The first-order chi connectivity index (χ1) is 13.2. The Morgan fingerprint density at radius 1 is 1.04 bits per heavy atom. The standard InChI is InChI=1S/C22H20N4O/c1-16(17-9-11-20(12-10-17)26-15-23-14-24-26)25-22(27)13-19-7-4-6-18-5-2-3-8-21(18)19/h2-12,14-16H,13H2,1H3,(H,25,27). The van der Waals surface area contributed by atoms with Gasteiger partial charge in [0.1, 0.15) is 12.7 Å². The Balaban J connectivity index is 1.44. The van der Waals surface area contributed by atoms with Gasteiger partial charge in [0.2, 0.25) is 5.91 Å². The third-order valence-electron chi connectivity index (χ3n) is 4.68. The summed E-state index contributed by atoms with van der Waals surface area (Å²) in [6.45, 7) is 1.99. The highest BCUT2D eigenvalue weighted by Crippen LogP contribution is 2.20. The lowest BCUT2D eigenvalue weighted by Gasteiger charge is -2.15. The molecule has 0 spiro atoms. The minimum absolute atomic E-state index is 0.0132. The fraction of sp³-hybridized carbons (Fsp3) is 0.136. The molecule has 5 heteroatoms. The number of hydrogen-bond acceptors (Lipinski definition) is 3. The van der Waals surface area contributed by atoms with Gasteiger partial charge < -0.3 is 5.32 Å². The molecule has 1 heterocycles. The summed E-state index contributed by atoms with van der Waals surface area (Å²) in [7, 11) is 0. The van der Waals surface area contributed by atoms with Gasteiger partial charge in [-0.1, -0.05) is 54.6 Å². The van der Waals surface area contributed by atoms with Gasteiger partial charge in [0, 0.05) is 0 Å². The van der Waals surface area contributed by atoms with Crippen molar-refractivity contribution in [3.8, 4) is 5.69 Å². The van der Waals surface area contributed by atoms with E-state index in [1.165, 1.54) is 6.33 Å². The van der Waals surface area contributed by atoms with Crippen LogP contribution in [-0.2, 0) is 11.2 Å². The second-order valence-electron chi connectivity index (χ2n) is 6.54. The fourth-order valence-corrected chi connectivity index (χ4v) is 3.25. The molecule has 1 atom stereocenters. The number of aromatic nitrogens is 3. The van der Waals surface area contributed by atoms with Crippen molar-refractivity contribution in [2.24, 2.45) is 0 Å². The number of nitrogens with one attached hydrogen (secondary N) is 1. The van der Waals surface area contributed by atoms with Crippen LogP contribution in [0.25, 0.3) is 16.5 Å². The summed E-state index contributed by atoms with van der Waals surface area (Å²) in [6.07, 6.45) is 3.52. The van der Waals surface area contributed by atoms with Crippen LogP contribution in [0.1, 0.15) is 24.1 Å². The van der Waals surface area contributed by atoms with E-state index in [9.17, 15) is 4.79 Å². The first kappa shape index (κ1) is 17.0. The first-order valence-electron chi connectivity index (χ1n) is 8.92. The smallest absolute Gasteiger partial charge is 0.224 e. The SMILES string of the molecule is CC(NC(=O)Cc1cccc2ccccc12)c1ccc(-n2cncn2)cc1. The zero-order chi connectivity index (χ0) is 18.6. The van der Waals surface area contributed by atoms with E-state index in [1.54, 1.807) is 11.0 Å². The van der Waals surface area contributed by atoms with Gasteiger partial charge in [-0.05, 0) is 41.0 Å². The van der Waals surface area contributed by atoms with Crippen LogP contribution in [0, 0.1) is 0 Å². The summed E-state index contributed by atoms with van der Waals surface area (Å²) in [6, 6.07) is 22.1. The Kier molecular flexibility index (Phi) is 4.66. The molecule has 1 aromatic heterocycles. The van der Waals surface area contributed by atoms with E-state index in [0.717, 1.165) is 27.6 Å². The van der Waals surface area contributed by atoms with Crippen molar-refractivity contribution < 1.29 is 4.79 Å². The van der Waals surface area contributed by atoms with E-state index in [4.69, 9.17) is 0 Å². The van der Waals surface area contributed by atoms with Gasteiger partial charge in [-0.25, -0.2) is 9.67 Å². The monoisotopic (exact) mass is 356 g/mol. The van der Waals surface area contributed by atoms with Gasteiger partial charge in [-0.2, -0.15) is 5.10 Å². The summed E-state index contributed by atoms with van der Waals surface area (Å²) in [4.78, 5) is 16.5. The topological polar surface area (TPSA) is 59.8 Å². The number of amides is 1. The van der Waals surface area contributed by atoms with Crippen LogP contribution >= 0.6 is 0 Å². The summed E-state index contributed by atoms with van der Waals surface area (Å²) in [5.74, 6) is 0.0132. The highest BCUT2D eigenvalue weighted by atomic mass is 16.1. The summed E-state index contributed by atoms with van der Waals surface area (Å²) in [5.41, 5.74) is 3.02. The molecule has 0 aliphatic heterocycles. The largest absolute Gasteiger partial charge is 0.349 e. The van der Waals surface area contributed by atoms with E-state index in [-0.39, 0.29) is 11.9 Å². The second kappa shape index (κ2) is 7.41. The zero-order valence-electron chi connectivity index (χ0n) is 15.0. The van der Waals surface area contributed by atoms with Gasteiger partial charge in [-0.15, -0.1) is 0 Å². The lowest BCUT2D eigenvalue weighted by atomic mass is 10.0. The third kappa shape index (κ3) is 3.72. The minimum atomic E-state index is -0.0720. The van der Waals surface area contributed by atoms with Crippen LogP contribution in [0.3, 0.4) is 0 Å². The maximum Gasteiger partial charge on any atom is 0.224 e. The molecule has 27 heavy (non-hydrogen) atoms. The predicted octanol–water partition coefficient (Wildman–Crippen LogP) is 3.84. The predicted molar refractivity (Wildman–Crippen MR) is 106 cm³/mol. The van der Waals surface area contributed by atoms with Crippen molar-refractivity contribution in [1.82, 2.24) is 20.1 Å². The summed E-state index contributed by atoms with van der Waals surface area (Å²) < 4.78 is 1.70. The molecular weight excluding hydrogens is 336 g/mol. The lowest BCUT2D eigenvalue weighted by molar-refractivity contribution is -0.121. The van der Waals surface area contributed by atoms with Crippen molar-refractivity contribution >= 4 is 16.7 Å². The molecule has 0 bridgehead atoms. The van der Waals surface area contributed by atoms with E-state index in [2.05, 4.69) is 33.6 Å². The van der Waals surface area contributed by atoms with E-state index in [1.807, 2.05) is 55.5 Å². The van der Waals surface area contributed by atoms with Gasteiger partial charge in [0.25, 0.3) is 0 Å². The Morgan fingerprint density at radius 3 is 2.59 bits per heavy atom. The molecule has 0 saturated heterocycles. The van der Waals surface area contributed by atoms with E-state index in [0.29, 0.717) is 6.42 Å². The van der Waals surface area contributed by atoms with Crippen molar-refractivity contribution in [1.29, 1.82) is 0 Å². The van der Waals surface area contributed by atoms with Crippen LogP contribution < -0.4 is 5.32 Å². The second-order valence-corrected chi connectivity index (χ2v) is 6.54. The van der Waals surface area contributed by atoms with E-state index < -0.39 is 0 Å². The number of carbonyl (C=O) groups is 1. The highest BCUT2D eigenvalue weighted by Gasteiger charge is 2.12. The van der Waals surface area contributed by atoms with Crippen LogP contribution in [-0.4, -0.2) is 20.7 Å². The highest BCUT2D eigenvalue weighted by molar-refractivity contribution is 5.90. The molecule has 134 valence electrons. The molecule has 5 nitrogen and oxygen atoms in total. The number of fused-ring (bicyclic) bond motifs is 1. The molecule has 0 aliphatic rings. The Labute approximate surface area is 157 Å². The Hall–Kier alpha value is -3.47. The molecule has 0 saturated carbocycles. The first-order valence-corrected chi connectivity index (χ1v) is 8.92. The molecule has 0 fully saturated rings. The summed E-state index contributed by atoms with van der Waals surface area (Å²) >= 11 is 0. The number of benzene rings is 3. The molecule has 3 aromatic carbocycles. The molecule has 1 N–H and O–H groups in total. The molecular formula is C22H20N4O. The van der Waals surface area contributed by atoms with Gasteiger partial charge in [-0.3, -0.25) is 4.79 Å². The molecule has 4 rings (SSSR count). The van der Waals surface area contributed by atoms with Gasteiger partial charge in [0.15, 0.2) is 0 Å². The van der Waals surface area contributed by atoms with Crippen molar-refractivity contribution in [3.05, 3.63) is 90.5 Å². The van der Waals surface area contributed by atoms with Crippen molar-refractivity contribution in [3.63, 3.8) is 0 Å². The minimum Gasteiger partial charge on any atom is -0.349 e. The number of nitrogens with zero attached hydrogens (tertiary/aromatic N) is 3. The van der Waals surface area contributed by atoms with Gasteiger partial charge in [0.05, 0.1) is 18.2 Å². The quantitative estimate of drug-likeness (QED) is 0.591. The molecule has 1 unspecified atom stereocenters. The molecule has 0 aliphatic carbocycles. The fourth-order valence-electron chi connectivity index (χ4n) is 3.25. The Morgan fingerprint density at radius 2 is 1.81 bits per heavy atom. The van der Waals surface area contributed by atoms with Crippen LogP contribution in [0.4, 0.5) is 0 Å². The van der Waals surface area contributed by atoms with Gasteiger partial charge >= 0.3 is 0 Å².